The molecule has 0 heterocycles. The van der Waals surface area contributed by atoms with Gasteiger partial charge in [0.1, 0.15) is 0 Å². The van der Waals surface area contributed by atoms with Gasteiger partial charge in [0.2, 0.25) is 0 Å². The number of carbonyl (C=O) groups is 1. The van der Waals surface area contributed by atoms with Crippen LogP contribution in [0.5, 0.6) is 0 Å². The highest BCUT2D eigenvalue weighted by atomic mass is 127. The number of hydrogen-bond donors (Lipinski definition) is 2. The van der Waals surface area contributed by atoms with Crippen molar-refractivity contribution in [2.45, 2.75) is 13.0 Å². The second-order valence-corrected chi connectivity index (χ2v) is 6.37. The summed E-state index contributed by atoms with van der Waals surface area (Å²) in [5.41, 5.74) is 1.84. The molecule has 2 aromatic rings. The van der Waals surface area contributed by atoms with Crippen LogP contribution in [-0.4, -0.2) is 44.0 Å². The molecule has 27 heavy (non-hydrogen) atoms. The number of carbonyl (C=O) groups excluding carboxylic acids is 1. The number of nitrogens with one attached hydrogen (secondary N) is 2. The molecule has 2 N–H and O–H groups in total. The minimum atomic E-state index is -0.0464. The molecule has 0 bridgehead atoms. The molecule has 0 aliphatic rings. The number of aliphatic imine (C=N–C) groups is 1. The van der Waals surface area contributed by atoms with Crippen LogP contribution in [0.3, 0.4) is 0 Å². The molecule has 2 rings (SSSR count). The lowest BCUT2D eigenvalue weighted by Gasteiger charge is -2.22. The zero-order valence-corrected chi connectivity index (χ0v) is 18.7. The predicted molar refractivity (Wildman–Crippen MR) is 123 cm³/mol. The standard InChI is InChI=1S/C20H25ClN4O.HI/c1-22-20(25(2)15-16-9-11-18(21)12-10-16)24-14-6-13-23-19(26)17-7-4-3-5-8-17;/h3-5,7-12H,6,13-15H2,1-2H3,(H,22,24)(H,23,26);1H. The zero-order valence-electron chi connectivity index (χ0n) is 15.6. The van der Waals surface area contributed by atoms with Gasteiger partial charge in [-0.05, 0) is 36.2 Å². The smallest absolute Gasteiger partial charge is 0.251 e. The topological polar surface area (TPSA) is 56.7 Å². The second kappa shape index (κ2) is 12.6. The number of halogens is 2. The first-order chi connectivity index (χ1) is 12.6. The average Bonchev–Trinajstić information content (AvgIpc) is 2.67. The SMILES string of the molecule is CN=C(NCCCNC(=O)c1ccccc1)N(C)Cc1ccc(Cl)cc1.I. The average molecular weight is 501 g/mol. The summed E-state index contributed by atoms with van der Waals surface area (Å²) in [6.07, 6.45) is 0.812. The monoisotopic (exact) mass is 500 g/mol. The van der Waals surface area contributed by atoms with Gasteiger partial charge >= 0.3 is 0 Å². The van der Waals surface area contributed by atoms with Gasteiger partial charge < -0.3 is 15.5 Å². The van der Waals surface area contributed by atoms with E-state index >= 15 is 0 Å². The number of benzene rings is 2. The van der Waals surface area contributed by atoms with Crippen LogP contribution in [0.15, 0.2) is 59.6 Å². The first kappa shape index (κ1) is 23.2. The van der Waals surface area contributed by atoms with Crippen molar-refractivity contribution in [3.8, 4) is 0 Å². The summed E-state index contributed by atoms with van der Waals surface area (Å²) >= 11 is 5.92. The Morgan fingerprint density at radius 1 is 1.04 bits per heavy atom. The maximum atomic E-state index is 12.0. The van der Waals surface area contributed by atoms with E-state index in [1.807, 2.05) is 54.4 Å². The van der Waals surface area contributed by atoms with Gasteiger partial charge in [0.25, 0.3) is 5.91 Å². The van der Waals surface area contributed by atoms with E-state index in [-0.39, 0.29) is 29.9 Å². The van der Waals surface area contributed by atoms with E-state index in [0.717, 1.165) is 36.1 Å². The maximum Gasteiger partial charge on any atom is 0.251 e. The highest BCUT2D eigenvalue weighted by Crippen LogP contribution is 2.10. The summed E-state index contributed by atoms with van der Waals surface area (Å²) in [5, 5.41) is 6.97. The molecule has 2 aromatic carbocycles. The lowest BCUT2D eigenvalue weighted by molar-refractivity contribution is 0.0953. The van der Waals surface area contributed by atoms with Crippen LogP contribution in [0, 0.1) is 0 Å². The maximum absolute atomic E-state index is 12.0. The van der Waals surface area contributed by atoms with Crippen LogP contribution in [0.25, 0.3) is 0 Å². The predicted octanol–water partition coefficient (Wildman–Crippen LogP) is 3.79. The Balaban J connectivity index is 0.00000364. The number of hydrogen-bond acceptors (Lipinski definition) is 2. The third kappa shape index (κ3) is 8.17. The summed E-state index contributed by atoms with van der Waals surface area (Å²) in [6.45, 7) is 2.08. The fourth-order valence-electron chi connectivity index (χ4n) is 2.51. The molecule has 0 atom stereocenters. The van der Waals surface area contributed by atoms with Crippen LogP contribution < -0.4 is 10.6 Å². The molecule has 146 valence electrons. The molecule has 0 aliphatic heterocycles. The van der Waals surface area contributed by atoms with Crippen molar-refractivity contribution < 1.29 is 4.79 Å². The molecule has 0 aromatic heterocycles. The fourth-order valence-corrected chi connectivity index (χ4v) is 2.63. The third-order valence-electron chi connectivity index (χ3n) is 3.86. The van der Waals surface area contributed by atoms with Crippen molar-refractivity contribution in [2.24, 2.45) is 4.99 Å². The number of guanidine groups is 1. The summed E-state index contributed by atoms with van der Waals surface area (Å²) in [4.78, 5) is 18.3. The number of rotatable bonds is 7. The van der Waals surface area contributed by atoms with Crippen molar-refractivity contribution in [3.05, 3.63) is 70.7 Å². The highest BCUT2D eigenvalue weighted by molar-refractivity contribution is 14.0. The molecule has 7 heteroatoms. The Morgan fingerprint density at radius 2 is 1.67 bits per heavy atom. The van der Waals surface area contributed by atoms with Gasteiger partial charge in [-0.25, -0.2) is 0 Å². The fraction of sp³-hybridized carbons (Fsp3) is 0.300. The van der Waals surface area contributed by atoms with E-state index in [1.165, 1.54) is 0 Å². The summed E-state index contributed by atoms with van der Waals surface area (Å²) in [7, 11) is 3.75. The normalized spacial score (nSPS) is 10.7. The molecule has 0 unspecified atom stereocenters. The van der Waals surface area contributed by atoms with Gasteiger partial charge in [-0.15, -0.1) is 24.0 Å². The van der Waals surface area contributed by atoms with Crippen LogP contribution in [0.2, 0.25) is 5.02 Å². The Bertz CT molecular complexity index is 723. The quantitative estimate of drug-likeness (QED) is 0.263. The lowest BCUT2D eigenvalue weighted by atomic mass is 10.2. The van der Waals surface area contributed by atoms with Crippen molar-refractivity contribution in [1.82, 2.24) is 15.5 Å². The third-order valence-corrected chi connectivity index (χ3v) is 4.12. The van der Waals surface area contributed by atoms with E-state index in [0.29, 0.717) is 12.1 Å². The van der Waals surface area contributed by atoms with Gasteiger partial charge in [0, 0.05) is 44.3 Å². The molecule has 0 fully saturated rings. The van der Waals surface area contributed by atoms with Gasteiger partial charge in [0.05, 0.1) is 0 Å². The molecule has 0 aliphatic carbocycles. The summed E-state index contributed by atoms with van der Waals surface area (Å²) in [6, 6.07) is 17.0. The van der Waals surface area contributed by atoms with Crippen molar-refractivity contribution >= 4 is 47.4 Å². The first-order valence-electron chi connectivity index (χ1n) is 8.59. The van der Waals surface area contributed by atoms with Crippen molar-refractivity contribution in [3.63, 3.8) is 0 Å². The Morgan fingerprint density at radius 3 is 2.30 bits per heavy atom. The second-order valence-electron chi connectivity index (χ2n) is 5.93. The minimum absolute atomic E-state index is 0. The first-order valence-corrected chi connectivity index (χ1v) is 8.97. The molecular formula is C20H26ClIN4O. The Hall–Kier alpha value is -1.80. The largest absolute Gasteiger partial charge is 0.356 e. The highest BCUT2D eigenvalue weighted by Gasteiger charge is 2.07. The minimum Gasteiger partial charge on any atom is -0.356 e. The van der Waals surface area contributed by atoms with E-state index in [9.17, 15) is 4.79 Å². The molecule has 1 amide bonds. The Labute approximate surface area is 183 Å². The molecule has 0 saturated heterocycles. The van der Waals surface area contributed by atoms with E-state index < -0.39 is 0 Å². The van der Waals surface area contributed by atoms with Crippen LogP contribution >= 0.6 is 35.6 Å². The molecular weight excluding hydrogens is 475 g/mol. The van der Waals surface area contributed by atoms with Gasteiger partial charge in [-0.3, -0.25) is 9.79 Å². The van der Waals surface area contributed by atoms with Gasteiger partial charge in [-0.2, -0.15) is 0 Å². The van der Waals surface area contributed by atoms with E-state index in [1.54, 1.807) is 19.2 Å². The van der Waals surface area contributed by atoms with E-state index in [2.05, 4.69) is 15.6 Å². The lowest BCUT2D eigenvalue weighted by Crippen LogP contribution is -2.39. The van der Waals surface area contributed by atoms with Crippen molar-refractivity contribution in [2.75, 3.05) is 27.2 Å². The van der Waals surface area contributed by atoms with Crippen LogP contribution in [-0.2, 0) is 6.54 Å². The zero-order chi connectivity index (χ0) is 18.8. The van der Waals surface area contributed by atoms with E-state index in [4.69, 9.17) is 11.6 Å². The van der Waals surface area contributed by atoms with Crippen LogP contribution in [0.1, 0.15) is 22.3 Å². The van der Waals surface area contributed by atoms with Crippen molar-refractivity contribution in [1.29, 1.82) is 0 Å². The van der Waals surface area contributed by atoms with Crippen LogP contribution in [0.4, 0.5) is 0 Å². The number of nitrogens with zero attached hydrogens (tertiary/aromatic N) is 2. The molecule has 5 nitrogen and oxygen atoms in total. The molecule has 0 spiro atoms. The van der Waals surface area contributed by atoms with Gasteiger partial charge in [0.15, 0.2) is 5.96 Å². The number of amides is 1. The summed E-state index contributed by atoms with van der Waals surface area (Å²) in [5.74, 6) is 0.768. The van der Waals surface area contributed by atoms with Gasteiger partial charge in [-0.1, -0.05) is 41.9 Å². The Kier molecular flexibility index (Phi) is 10.8. The molecule has 0 radical (unpaired) electrons. The molecule has 0 saturated carbocycles. The summed E-state index contributed by atoms with van der Waals surface area (Å²) < 4.78 is 0.